The quantitative estimate of drug-likeness (QED) is 0.584. The highest BCUT2D eigenvalue weighted by molar-refractivity contribution is 6.05. The van der Waals surface area contributed by atoms with Crippen LogP contribution in [0.5, 0.6) is 0 Å². The highest BCUT2D eigenvalue weighted by atomic mass is 16.5. The third-order valence-electron chi connectivity index (χ3n) is 4.60. The Labute approximate surface area is 163 Å². The van der Waals surface area contributed by atoms with Crippen molar-refractivity contribution in [3.63, 3.8) is 0 Å². The van der Waals surface area contributed by atoms with Gasteiger partial charge in [-0.1, -0.05) is 12.1 Å². The van der Waals surface area contributed by atoms with Crippen LogP contribution >= 0.6 is 0 Å². The van der Waals surface area contributed by atoms with E-state index in [0.717, 1.165) is 11.1 Å². The normalized spacial score (nSPS) is 15.3. The molecule has 3 rings (SSSR count). The largest absolute Gasteiger partial charge is 0.454 e. The van der Waals surface area contributed by atoms with Crippen LogP contribution in [0.4, 0.5) is 5.69 Å². The van der Waals surface area contributed by atoms with Crippen molar-refractivity contribution in [1.29, 1.82) is 0 Å². The van der Waals surface area contributed by atoms with E-state index in [0.29, 0.717) is 23.4 Å². The first-order valence-electron chi connectivity index (χ1n) is 9.21. The monoisotopic (exact) mass is 381 g/mol. The Kier molecular flexibility index (Phi) is 5.90. The predicted molar refractivity (Wildman–Crippen MR) is 104 cm³/mol. The van der Waals surface area contributed by atoms with Gasteiger partial charge in [0.15, 0.2) is 12.4 Å². The maximum atomic E-state index is 12.4. The molecule has 0 spiro atoms. The number of Topliss-reactive ketones (excluding diaryl/α,β-unsaturated/α-hetero) is 1. The van der Waals surface area contributed by atoms with E-state index >= 15 is 0 Å². The van der Waals surface area contributed by atoms with Crippen molar-refractivity contribution in [2.45, 2.75) is 39.4 Å². The smallest absolute Gasteiger partial charge is 0.338 e. The zero-order valence-electron chi connectivity index (χ0n) is 16.2. The number of ketones is 1. The number of amides is 1. The molecule has 0 saturated carbocycles. The topological polar surface area (TPSA) is 81.7 Å². The molecule has 2 aromatic carbocycles. The van der Waals surface area contributed by atoms with Crippen molar-refractivity contribution in [1.82, 2.24) is 0 Å². The Morgan fingerprint density at radius 1 is 1.07 bits per heavy atom. The van der Waals surface area contributed by atoms with Gasteiger partial charge in [-0.25, -0.2) is 4.79 Å². The van der Waals surface area contributed by atoms with Crippen LogP contribution in [0.15, 0.2) is 42.5 Å². The molecule has 0 fully saturated rings. The third kappa shape index (κ3) is 4.46. The first kappa shape index (κ1) is 19.8. The lowest BCUT2D eigenvalue weighted by Crippen LogP contribution is -2.14. The summed E-state index contributed by atoms with van der Waals surface area (Å²) in [5.41, 5.74) is 3.24. The molecular weight excluding hydrogens is 358 g/mol. The molecule has 1 atom stereocenters. The standard InChI is InChI=1S/C22H23NO5/c1-13(2)27-11-15-4-6-16(7-5-15)22(26)28-12-20(24)17-8-9-19-18(10-17)14(3)21(25)23-19/h4-10,13-14H,11-12H2,1-3H3,(H,23,25)/t14-/m0/s1. The fourth-order valence-electron chi connectivity index (χ4n) is 2.89. The van der Waals surface area contributed by atoms with E-state index < -0.39 is 5.97 Å². The molecule has 2 aromatic rings. The lowest BCUT2D eigenvalue weighted by molar-refractivity contribution is -0.116. The van der Waals surface area contributed by atoms with E-state index in [1.165, 1.54) is 0 Å². The SMILES string of the molecule is CC(C)OCc1ccc(C(=O)OCC(=O)c2ccc3c(c2)[C@H](C)C(=O)N3)cc1. The lowest BCUT2D eigenvalue weighted by Gasteiger charge is -2.09. The lowest BCUT2D eigenvalue weighted by atomic mass is 9.99. The Morgan fingerprint density at radius 2 is 1.75 bits per heavy atom. The number of carbonyl (C=O) groups is 3. The van der Waals surface area contributed by atoms with Gasteiger partial charge in [-0.3, -0.25) is 9.59 Å². The molecule has 1 aliphatic heterocycles. The van der Waals surface area contributed by atoms with Gasteiger partial charge in [-0.15, -0.1) is 0 Å². The van der Waals surface area contributed by atoms with Gasteiger partial charge in [0.05, 0.1) is 24.2 Å². The number of hydrogen-bond acceptors (Lipinski definition) is 5. The number of fused-ring (bicyclic) bond motifs is 1. The van der Waals surface area contributed by atoms with E-state index in [4.69, 9.17) is 9.47 Å². The maximum absolute atomic E-state index is 12.4. The van der Waals surface area contributed by atoms with Crippen LogP contribution in [0.25, 0.3) is 0 Å². The minimum Gasteiger partial charge on any atom is -0.454 e. The number of rotatable bonds is 7. The second-order valence-corrected chi connectivity index (χ2v) is 7.07. The van der Waals surface area contributed by atoms with Crippen molar-refractivity contribution < 1.29 is 23.9 Å². The summed E-state index contributed by atoms with van der Waals surface area (Å²) in [4.78, 5) is 36.3. The van der Waals surface area contributed by atoms with Gasteiger partial charge in [-0.05, 0) is 62.2 Å². The summed E-state index contributed by atoms with van der Waals surface area (Å²) >= 11 is 0. The van der Waals surface area contributed by atoms with Crippen LogP contribution < -0.4 is 5.32 Å². The summed E-state index contributed by atoms with van der Waals surface area (Å²) < 4.78 is 10.7. The van der Waals surface area contributed by atoms with E-state index in [2.05, 4.69) is 5.32 Å². The number of esters is 1. The Balaban J connectivity index is 1.57. The number of benzene rings is 2. The molecule has 1 N–H and O–H groups in total. The molecule has 1 amide bonds. The van der Waals surface area contributed by atoms with Crippen molar-refractivity contribution >= 4 is 23.3 Å². The average Bonchev–Trinajstić information content (AvgIpc) is 2.98. The third-order valence-corrected chi connectivity index (χ3v) is 4.60. The fourth-order valence-corrected chi connectivity index (χ4v) is 2.89. The molecule has 6 nitrogen and oxygen atoms in total. The molecule has 28 heavy (non-hydrogen) atoms. The highest BCUT2D eigenvalue weighted by Crippen LogP contribution is 2.32. The van der Waals surface area contributed by atoms with Gasteiger partial charge in [-0.2, -0.15) is 0 Å². The minimum absolute atomic E-state index is 0.0896. The Hall–Kier alpha value is -2.99. The van der Waals surface area contributed by atoms with Gasteiger partial charge in [0.1, 0.15) is 0 Å². The summed E-state index contributed by atoms with van der Waals surface area (Å²) in [5.74, 6) is -1.27. The summed E-state index contributed by atoms with van der Waals surface area (Å²) in [7, 11) is 0. The van der Waals surface area contributed by atoms with Gasteiger partial charge in [0, 0.05) is 11.3 Å². The maximum Gasteiger partial charge on any atom is 0.338 e. The first-order valence-corrected chi connectivity index (χ1v) is 9.21. The molecular formula is C22H23NO5. The zero-order valence-corrected chi connectivity index (χ0v) is 16.2. The van der Waals surface area contributed by atoms with Gasteiger partial charge >= 0.3 is 5.97 Å². The van der Waals surface area contributed by atoms with E-state index in [-0.39, 0.29) is 30.3 Å². The highest BCUT2D eigenvalue weighted by Gasteiger charge is 2.27. The summed E-state index contributed by atoms with van der Waals surface area (Å²) in [6.07, 6.45) is 0.131. The van der Waals surface area contributed by atoms with Gasteiger partial charge in [0.25, 0.3) is 0 Å². The fraction of sp³-hybridized carbons (Fsp3) is 0.318. The molecule has 0 unspecified atom stereocenters. The molecule has 146 valence electrons. The molecule has 0 radical (unpaired) electrons. The molecule has 0 bridgehead atoms. The average molecular weight is 381 g/mol. The van der Waals surface area contributed by atoms with Crippen molar-refractivity contribution in [2.75, 3.05) is 11.9 Å². The van der Waals surface area contributed by atoms with Crippen LogP contribution in [-0.4, -0.2) is 30.4 Å². The van der Waals surface area contributed by atoms with Gasteiger partial charge < -0.3 is 14.8 Å². The first-order chi connectivity index (χ1) is 13.3. The predicted octanol–water partition coefficient (Wildman–Crippen LogP) is 3.71. The van der Waals surface area contributed by atoms with Crippen molar-refractivity contribution in [3.05, 3.63) is 64.7 Å². The Morgan fingerprint density at radius 3 is 2.43 bits per heavy atom. The number of anilines is 1. The van der Waals surface area contributed by atoms with Crippen LogP contribution in [0.1, 0.15) is 58.5 Å². The summed E-state index contributed by atoms with van der Waals surface area (Å²) in [5, 5.41) is 2.76. The van der Waals surface area contributed by atoms with Crippen molar-refractivity contribution in [3.8, 4) is 0 Å². The summed E-state index contributed by atoms with van der Waals surface area (Å²) in [6.45, 7) is 5.81. The molecule has 0 aliphatic carbocycles. The number of ether oxygens (including phenoxy) is 2. The van der Waals surface area contributed by atoms with Crippen LogP contribution in [-0.2, 0) is 20.9 Å². The Bertz CT molecular complexity index is 902. The molecule has 6 heteroatoms. The second kappa shape index (κ2) is 8.35. The molecule has 0 aromatic heterocycles. The molecule has 1 heterocycles. The van der Waals surface area contributed by atoms with E-state index in [9.17, 15) is 14.4 Å². The zero-order chi connectivity index (χ0) is 20.3. The van der Waals surface area contributed by atoms with Crippen LogP contribution in [0, 0.1) is 0 Å². The van der Waals surface area contributed by atoms with Crippen molar-refractivity contribution in [2.24, 2.45) is 0 Å². The number of hydrogen-bond donors (Lipinski definition) is 1. The molecule has 0 saturated heterocycles. The van der Waals surface area contributed by atoms with E-state index in [1.54, 1.807) is 49.4 Å². The number of nitrogens with one attached hydrogen (secondary N) is 1. The minimum atomic E-state index is -0.559. The number of carbonyl (C=O) groups excluding carboxylic acids is 3. The van der Waals surface area contributed by atoms with E-state index in [1.807, 2.05) is 13.8 Å². The molecule has 1 aliphatic rings. The van der Waals surface area contributed by atoms with Gasteiger partial charge in [0.2, 0.25) is 5.91 Å². The summed E-state index contributed by atoms with van der Waals surface area (Å²) in [6, 6.07) is 11.9. The second-order valence-electron chi connectivity index (χ2n) is 7.07. The van der Waals surface area contributed by atoms with Crippen LogP contribution in [0.2, 0.25) is 0 Å². The van der Waals surface area contributed by atoms with Crippen LogP contribution in [0.3, 0.4) is 0 Å².